The highest BCUT2D eigenvalue weighted by Gasteiger charge is 2.39. The Labute approximate surface area is 289 Å². The highest BCUT2D eigenvalue weighted by Crippen LogP contribution is 2.42. The molecule has 2 N–H and O–H groups in total. The van der Waals surface area contributed by atoms with Crippen LogP contribution in [0, 0.1) is 5.92 Å². The lowest BCUT2D eigenvalue weighted by Gasteiger charge is -2.43. The number of hydrogen-bond donors (Lipinski definition) is 2. The second-order valence-corrected chi connectivity index (χ2v) is 13.5. The van der Waals surface area contributed by atoms with Gasteiger partial charge in [-0.15, -0.1) is 0 Å². The normalized spacial score (nSPS) is 20.1. The minimum atomic E-state index is -0.886. The summed E-state index contributed by atoms with van der Waals surface area (Å²) in [5, 5.41) is 12.4. The molecule has 1 amide bonds. The van der Waals surface area contributed by atoms with Crippen molar-refractivity contribution in [2.45, 2.75) is 143 Å². The summed E-state index contributed by atoms with van der Waals surface area (Å²) in [6.07, 6.45) is 13.6. The van der Waals surface area contributed by atoms with Crippen molar-refractivity contribution in [3.8, 4) is 0 Å². The predicted molar refractivity (Wildman–Crippen MR) is 192 cm³/mol. The van der Waals surface area contributed by atoms with Crippen LogP contribution in [0.1, 0.15) is 141 Å². The fourth-order valence-electron chi connectivity index (χ4n) is 6.38. The average molecular weight is 667 g/mol. The summed E-state index contributed by atoms with van der Waals surface area (Å²) < 4.78 is 18.5. The zero-order valence-electron chi connectivity index (χ0n) is 30.3. The molecule has 2 aromatic carbocycles. The highest BCUT2D eigenvalue weighted by molar-refractivity contribution is 5.94. The lowest BCUT2D eigenvalue weighted by atomic mass is 9.90. The van der Waals surface area contributed by atoms with E-state index in [0.717, 1.165) is 36.3 Å². The summed E-state index contributed by atoms with van der Waals surface area (Å²) in [6, 6.07) is 15.5. The predicted octanol–water partition coefficient (Wildman–Crippen LogP) is 8.88. The molecule has 8 heteroatoms. The fourth-order valence-corrected chi connectivity index (χ4v) is 6.38. The lowest BCUT2D eigenvalue weighted by molar-refractivity contribution is -0.276. The Morgan fingerprint density at radius 1 is 0.812 bits per heavy atom. The van der Waals surface area contributed by atoms with Gasteiger partial charge in [0.15, 0.2) is 12.4 Å². The molecule has 2 aromatic rings. The molecule has 0 spiro atoms. The monoisotopic (exact) mass is 666 g/mol. The van der Waals surface area contributed by atoms with Crippen molar-refractivity contribution in [3.63, 3.8) is 0 Å². The smallest absolute Gasteiger partial charge is 0.303 e. The summed E-state index contributed by atoms with van der Waals surface area (Å²) >= 11 is 0. The van der Waals surface area contributed by atoms with Gasteiger partial charge in [0.1, 0.15) is 0 Å². The minimum Gasteiger partial charge on any atom is -0.453 e. The molecule has 1 saturated heterocycles. The van der Waals surface area contributed by atoms with Crippen molar-refractivity contribution in [2.75, 3.05) is 25.0 Å². The first-order chi connectivity index (χ1) is 23.2. The van der Waals surface area contributed by atoms with Crippen LogP contribution in [0.3, 0.4) is 0 Å². The van der Waals surface area contributed by atoms with Gasteiger partial charge in [0.2, 0.25) is 0 Å². The second-order valence-electron chi connectivity index (χ2n) is 13.5. The zero-order valence-corrected chi connectivity index (χ0v) is 30.3. The number of amides is 1. The topological polar surface area (TPSA) is 97.3 Å². The number of aliphatic hydroxyl groups excluding tert-OH is 1. The number of hydrogen-bond acceptors (Lipinski definition) is 7. The molecule has 1 fully saturated rings. The van der Waals surface area contributed by atoms with E-state index < -0.39 is 18.4 Å². The van der Waals surface area contributed by atoms with Gasteiger partial charge in [0, 0.05) is 30.6 Å². The Kier molecular flexibility index (Phi) is 18.2. The number of anilines is 1. The number of benzene rings is 2. The van der Waals surface area contributed by atoms with Gasteiger partial charge in [0.25, 0.3) is 5.91 Å². The molecule has 5 atom stereocenters. The molecule has 0 aliphatic carbocycles. The van der Waals surface area contributed by atoms with Gasteiger partial charge in [-0.1, -0.05) is 121 Å². The van der Waals surface area contributed by atoms with Crippen molar-refractivity contribution >= 4 is 17.6 Å². The van der Waals surface area contributed by atoms with Gasteiger partial charge in [-0.05, 0) is 56.1 Å². The first-order valence-corrected chi connectivity index (χ1v) is 18.6. The number of rotatable bonds is 22. The molecule has 3 rings (SSSR count). The van der Waals surface area contributed by atoms with Gasteiger partial charge in [-0.2, -0.15) is 0 Å². The third-order valence-corrected chi connectivity index (χ3v) is 9.38. The van der Waals surface area contributed by atoms with Crippen LogP contribution in [0.4, 0.5) is 5.69 Å². The van der Waals surface area contributed by atoms with Crippen LogP contribution in [-0.4, -0.2) is 53.7 Å². The third-order valence-electron chi connectivity index (χ3n) is 9.38. The van der Waals surface area contributed by atoms with E-state index in [1.165, 1.54) is 84.0 Å². The van der Waals surface area contributed by atoms with E-state index in [1.54, 1.807) is 6.92 Å². The number of aliphatic hydroxyl groups is 1. The highest BCUT2D eigenvalue weighted by atomic mass is 16.7. The molecule has 1 aliphatic rings. The van der Waals surface area contributed by atoms with E-state index in [-0.39, 0.29) is 30.6 Å². The SMILES string of the molecule is CCCCCCCCN(CCCCCCCC)CC1OC(c2ccc(NC(=O)C(C)OC(C)=O)cc2)OC(c2ccc(CO)cc2)C1C. The van der Waals surface area contributed by atoms with Crippen LogP contribution in [-0.2, 0) is 30.4 Å². The molecule has 48 heavy (non-hydrogen) atoms. The van der Waals surface area contributed by atoms with Crippen LogP contribution in [0.5, 0.6) is 0 Å². The summed E-state index contributed by atoms with van der Waals surface area (Å²) in [5.74, 6) is -0.778. The molecule has 5 unspecified atom stereocenters. The summed E-state index contributed by atoms with van der Waals surface area (Å²) in [7, 11) is 0. The van der Waals surface area contributed by atoms with Crippen molar-refractivity contribution < 1.29 is 28.9 Å². The fraction of sp³-hybridized carbons (Fsp3) is 0.650. The number of ether oxygens (including phenoxy) is 3. The maximum absolute atomic E-state index is 12.5. The summed E-state index contributed by atoms with van der Waals surface area (Å²) in [5.41, 5.74) is 3.41. The van der Waals surface area contributed by atoms with Crippen molar-refractivity contribution in [2.24, 2.45) is 5.92 Å². The van der Waals surface area contributed by atoms with Crippen molar-refractivity contribution in [1.82, 2.24) is 4.90 Å². The Morgan fingerprint density at radius 3 is 1.90 bits per heavy atom. The molecule has 268 valence electrons. The summed E-state index contributed by atoms with van der Waals surface area (Å²) in [6.45, 7) is 12.6. The Morgan fingerprint density at radius 2 is 1.35 bits per heavy atom. The Bertz CT molecular complexity index is 1170. The Hall–Kier alpha value is -2.78. The van der Waals surface area contributed by atoms with E-state index in [1.807, 2.05) is 36.4 Å². The quantitative estimate of drug-likeness (QED) is 0.0957. The molecule has 0 aromatic heterocycles. The molecular weight excluding hydrogens is 604 g/mol. The largest absolute Gasteiger partial charge is 0.453 e. The molecule has 0 radical (unpaired) electrons. The lowest BCUT2D eigenvalue weighted by Crippen LogP contribution is -2.45. The molecule has 8 nitrogen and oxygen atoms in total. The number of nitrogens with zero attached hydrogens (tertiary/aromatic N) is 1. The molecule has 0 saturated carbocycles. The summed E-state index contributed by atoms with van der Waals surface area (Å²) in [4.78, 5) is 26.4. The Balaban J connectivity index is 1.77. The van der Waals surface area contributed by atoms with Crippen LogP contribution < -0.4 is 5.32 Å². The number of unbranched alkanes of at least 4 members (excludes halogenated alkanes) is 10. The van der Waals surface area contributed by atoms with Crippen LogP contribution in [0.25, 0.3) is 0 Å². The first kappa shape index (κ1) is 39.7. The standard InChI is InChI=1S/C40H62N2O6/c1-6-8-10-12-14-16-26-42(27-17-15-13-11-9-7-2)28-37-30(3)38(34-20-18-33(29-43)19-21-34)48-40(47-37)35-22-24-36(25-23-35)41-39(45)31(4)46-32(5)44/h18-25,30-31,37-38,40,43H,6-17,26-29H2,1-5H3,(H,41,45). The van der Waals surface area contributed by atoms with Gasteiger partial charge in [-0.25, -0.2) is 0 Å². The van der Waals surface area contributed by atoms with Crippen molar-refractivity contribution in [3.05, 3.63) is 65.2 Å². The number of carbonyl (C=O) groups is 2. The van der Waals surface area contributed by atoms with Crippen molar-refractivity contribution in [1.29, 1.82) is 0 Å². The zero-order chi connectivity index (χ0) is 34.7. The van der Waals surface area contributed by atoms with E-state index in [4.69, 9.17) is 14.2 Å². The second kappa shape index (κ2) is 22.0. The minimum absolute atomic E-state index is 0.00408. The van der Waals surface area contributed by atoms with Crippen LogP contribution in [0.2, 0.25) is 0 Å². The van der Waals surface area contributed by atoms with Gasteiger partial charge in [-0.3, -0.25) is 9.59 Å². The number of carbonyl (C=O) groups excluding carboxylic acids is 2. The molecular formula is C40H62N2O6. The van der Waals surface area contributed by atoms with Gasteiger partial charge >= 0.3 is 5.97 Å². The number of esters is 1. The van der Waals surface area contributed by atoms with Gasteiger partial charge < -0.3 is 29.5 Å². The van der Waals surface area contributed by atoms with Crippen LogP contribution in [0.15, 0.2) is 48.5 Å². The third kappa shape index (κ3) is 13.6. The molecule has 1 heterocycles. The van der Waals surface area contributed by atoms with E-state index in [2.05, 4.69) is 43.1 Å². The van der Waals surface area contributed by atoms with E-state index in [9.17, 15) is 14.7 Å². The van der Waals surface area contributed by atoms with E-state index in [0.29, 0.717) is 5.69 Å². The number of nitrogens with one attached hydrogen (secondary N) is 1. The molecule has 0 bridgehead atoms. The van der Waals surface area contributed by atoms with Gasteiger partial charge in [0.05, 0.1) is 18.8 Å². The molecule has 1 aliphatic heterocycles. The van der Waals surface area contributed by atoms with Crippen LogP contribution >= 0.6 is 0 Å². The maximum Gasteiger partial charge on any atom is 0.303 e. The first-order valence-electron chi connectivity index (χ1n) is 18.6. The van der Waals surface area contributed by atoms with E-state index >= 15 is 0 Å². The average Bonchev–Trinajstić information content (AvgIpc) is 3.08. The maximum atomic E-state index is 12.5.